The summed E-state index contributed by atoms with van der Waals surface area (Å²) in [6.45, 7) is -0.0361. The van der Waals surface area contributed by atoms with Crippen molar-refractivity contribution in [1.29, 1.82) is 0 Å². The summed E-state index contributed by atoms with van der Waals surface area (Å²) in [7, 11) is 0. The molecule has 0 unspecified atom stereocenters. The molecule has 8 heteroatoms. The smallest absolute Gasteiger partial charge is 0.243 e. The lowest BCUT2D eigenvalue weighted by atomic mass is 10.1. The Hall–Kier alpha value is -3.42. The highest BCUT2D eigenvalue weighted by Gasteiger charge is 2.14. The summed E-state index contributed by atoms with van der Waals surface area (Å²) in [6, 6.07) is 10.3. The number of Topliss-reactive ketones (excluding diaryl/α,β-unsaturated/α-hetero) is 1. The van der Waals surface area contributed by atoms with Crippen LogP contribution in [0.4, 0.5) is 10.1 Å². The lowest BCUT2D eigenvalue weighted by Crippen LogP contribution is -2.32. The minimum Gasteiger partial charge on any atom is -0.454 e. The number of carbonyl (C=O) groups is 3. The van der Waals surface area contributed by atoms with Gasteiger partial charge in [0.05, 0.1) is 6.54 Å². The van der Waals surface area contributed by atoms with Crippen molar-refractivity contribution in [2.75, 3.05) is 18.7 Å². The van der Waals surface area contributed by atoms with Gasteiger partial charge < -0.3 is 20.1 Å². The summed E-state index contributed by atoms with van der Waals surface area (Å²) in [6.07, 6.45) is 0.624. The number of ketones is 1. The third-order valence-electron chi connectivity index (χ3n) is 4.08. The standard InChI is InChI=1S/C20H19FN2O5/c21-14-6-4-13(5-7-14)16(24)2-1-3-19(25)22-11-20(26)23-15-8-9-17-18(10-15)28-12-27-17/h4-10H,1-3,11-12H2,(H,22,25)(H,23,26). The molecular weight excluding hydrogens is 367 g/mol. The molecule has 2 aromatic carbocycles. The molecule has 28 heavy (non-hydrogen) atoms. The van der Waals surface area contributed by atoms with Crippen molar-refractivity contribution in [1.82, 2.24) is 5.32 Å². The van der Waals surface area contributed by atoms with Crippen molar-refractivity contribution in [3.63, 3.8) is 0 Å². The van der Waals surface area contributed by atoms with Crippen molar-refractivity contribution in [3.05, 3.63) is 53.8 Å². The number of rotatable bonds is 8. The fourth-order valence-corrected chi connectivity index (χ4v) is 2.64. The van der Waals surface area contributed by atoms with Crippen LogP contribution in [0.3, 0.4) is 0 Å². The Morgan fingerprint density at radius 1 is 0.929 bits per heavy atom. The molecule has 1 aliphatic heterocycles. The lowest BCUT2D eigenvalue weighted by Gasteiger charge is -2.08. The van der Waals surface area contributed by atoms with Gasteiger partial charge in [-0.15, -0.1) is 0 Å². The summed E-state index contributed by atoms with van der Waals surface area (Å²) in [5, 5.41) is 5.16. The molecule has 2 N–H and O–H groups in total. The summed E-state index contributed by atoms with van der Waals surface area (Å²) >= 11 is 0. The van der Waals surface area contributed by atoms with Crippen LogP contribution in [0, 0.1) is 5.82 Å². The Balaban J connectivity index is 1.35. The van der Waals surface area contributed by atoms with Crippen LogP contribution in [0.5, 0.6) is 11.5 Å². The van der Waals surface area contributed by atoms with Gasteiger partial charge in [-0.2, -0.15) is 0 Å². The quantitative estimate of drug-likeness (QED) is 0.681. The number of amides is 2. The van der Waals surface area contributed by atoms with Gasteiger partial charge in [-0.1, -0.05) is 0 Å². The molecule has 2 aromatic rings. The molecule has 0 spiro atoms. The van der Waals surface area contributed by atoms with E-state index in [2.05, 4.69) is 10.6 Å². The molecule has 0 fully saturated rings. The van der Waals surface area contributed by atoms with Gasteiger partial charge in [0.1, 0.15) is 5.82 Å². The Morgan fingerprint density at radius 2 is 1.68 bits per heavy atom. The average Bonchev–Trinajstić information content (AvgIpc) is 3.14. The fraction of sp³-hybridized carbons (Fsp3) is 0.250. The Morgan fingerprint density at radius 3 is 2.46 bits per heavy atom. The summed E-state index contributed by atoms with van der Waals surface area (Å²) < 4.78 is 23.3. The molecule has 0 aliphatic carbocycles. The molecular formula is C20H19FN2O5. The first-order valence-corrected chi connectivity index (χ1v) is 8.76. The van der Waals surface area contributed by atoms with E-state index >= 15 is 0 Å². The maximum Gasteiger partial charge on any atom is 0.243 e. The Kier molecular flexibility index (Phi) is 6.21. The molecule has 0 saturated heterocycles. The van der Waals surface area contributed by atoms with Crippen LogP contribution < -0.4 is 20.1 Å². The number of halogens is 1. The molecule has 2 amide bonds. The third kappa shape index (κ3) is 5.29. The van der Waals surface area contributed by atoms with E-state index in [9.17, 15) is 18.8 Å². The van der Waals surface area contributed by atoms with E-state index in [0.717, 1.165) is 0 Å². The topological polar surface area (TPSA) is 93.7 Å². The minimum atomic E-state index is -0.407. The zero-order chi connectivity index (χ0) is 19.9. The van der Waals surface area contributed by atoms with Gasteiger partial charge in [-0.3, -0.25) is 14.4 Å². The van der Waals surface area contributed by atoms with Gasteiger partial charge >= 0.3 is 0 Å². The number of hydrogen-bond donors (Lipinski definition) is 2. The van der Waals surface area contributed by atoms with Crippen LogP contribution >= 0.6 is 0 Å². The number of benzene rings is 2. The van der Waals surface area contributed by atoms with Crippen molar-refractivity contribution in [3.8, 4) is 11.5 Å². The second-order valence-corrected chi connectivity index (χ2v) is 6.18. The van der Waals surface area contributed by atoms with E-state index in [4.69, 9.17) is 9.47 Å². The molecule has 0 radical (unpaired) electrons. The summed E-state index contributed by atoms with van der Waals surface area (Å²) in [5.74, 6) is -0.111. The third-order valence-corrected chi connectivity index (χ3v) is 4.08. The van der Waals surface area contributed by atoms with Gasteiger partial charge in [0.2, 0.25) is 18.6 Å². The normalized spacial score (nSPS) is 11.8. The molecule has 0 saturated carbocycles. The van der Waals surface area contributed by atoms with E-state index in [-0.39, 0.29) is 43.8 Å². The van der Waals surface area contributed by atoms with Crippen molar-refractivity contribution in [2.45, 2.75) is 19.3 Å². The number of nitrogens with one attached hydrogen (secondary N) is 2. The molecule has 1 aliphatic rings. The molecule has 0 aromatic heterocycles. The van der Waals surface area contributed by atoms with Crippen LogP contribution in [0.15, 0.2) is 42.5 Å². The SMILES string of the molecule is O=C(CCCC(=O)c1ccc(F)cc1)NCC(=O)Nc1ccc2c(c1)OCO2. The average molecular weight is 386 g/mol. The van der Waals surface area contributed by atoms with Crippen LogP contribution in [-0.4, -0.2) is 30.9 Å². The first kappa shape index (κ1) is 19.3. The molecule has 7 nitrogen and oxygen atoms in total. The van der Waals surface area contributed by atoms with Gasteiger partial charge in [0.15, 0.2) is 17.3 Å². The van der Waals surface area contributed by atoms with Crippen LogP contribution in [0.1, 0.15) is 29.6 Å². The molecule has 0 atom stereocenters. The number of ether oxygens (including phenoxy) is 2. The number of anilines is 1. The van der Waals surface area contributed by atoms with E-state index in [1.165, 1.54) is 24.3 Å². The van der Waals surface area contributed by atoms with Crippen molar-refractivity contribution in [2.24, 2.45) is 0 Å². The maximum atomic E-state index is 12.8. The monoisotopic (exact) mass is 386 g/mol. The largest absolute Gasteiger partial charge is 0.454 e. The van der Waals surface area contributed by atoms with E-state index < -0.39 is 5.82 Å². The first-order valence-electron chi connectivity index (χ1n) is 8.76. The lowest BCUT2D eigenvalue weighted by molar-refractivity contribution is -0.124. The Labute approximate surface area is 160 Å². The number of fused-ring (bicyclic) bond motifs is 1. The molecule has 146 valence electrons. The molecule has 1 heterocycles. The predicted molar refractivity (Wildman–Crippen MR) is 98.8 cm³/mol. The summed E-state index contributed by atoms with van der Waals surface area (Å²) in [4.78, 5) is 35.7. The van der Waals surface area contributed by atoms with Gasteiger partial charge in [0, 0.05) is 30.2 Å². The number of hydrogen-bond acceptors (Lipinski definition) is 5. The zero-order valence-electron chi connectivity index (χ0n) is 15.0. The maximum absolute atomic E-state index is 12.8. The van der Waals surface area contributed by atoms with E-state index in [0.29, 0.717) is 29.2 Å². The van der Waals surface area contributed by atoms with E-state index in [1.807, 2.05) is 0 Å². The van der Waals surface area contributed by atoms with Crippen molar-refractivity contribution >= 4 is 23.3 Å². The van der Waals surface area contributed by atoms with Crippen LogP contribution in [0.25, 0.3) is 0 Å². The Bertz CT molecular complexity index is 883. The highest BCUT2D eigenvalue weighted by atomic mass is 19.1. The summed E-state index contributed by atoms with van der Waals surface area (Å²) in [5.41, 5.74) is 0.943. The predicted octanol–water partition coefficient (Wildman–Crippen LogP) is 2.66. The zero-order valence-corrected chi connectivity index (χ0v) is 15.0. The highest BCUT2D eigenvalue weighted by molar-refractivity contribution is 5.96. The second-order valence-electron chi connectivity index (χ2n) is 6.18. The number of carbonyl (C=O) groups excluding carboxylic acids is 3. The van der Waals surface area contributed by atoms with E-state index in [1.54, 1.807) is 18.2 Å². The van der Waals surface area contributed by atoms with Crippen molar-refractivity contribution < 1.29 is 28.2 Å². The molecule has 3 rings (SSSR count). The molecule has 0 bridgehead atoms. The van der Waals surface area contributed by atoms with Gasteiger partial charge in [-0.25, -0.2) is 4.39 Å². The van der Waals surface area contributed by atoms with Crippen LogP contribution in [0.2, 0.25) is 0 Å². The minimum absolute atomic E-state index is 0.115. The van der Waals surface area contributed by atoms with Crippen LogP contribution in [-0.2, 0) is 9.59 Å². The highest BCUT2D eigenvalue weighted by Crippen LogP contribution is 2.34. The van der Waals surface area contributed by atoms with Gasteiger partial charge in [-0.05, 0) is 42.8 Å². The van der Waals surface area contributed by atoms with Gasteiger partial charge in [0.25, 0.3) is 0 Å². The first-order chi connectivity index (χ1) is 13.5. The second kappa shape index (κ2) is 8.98. The fourth-order valence-electron chi connectivity index (χ4n) is 2.64.